The van der Waals surface area contributed by atoms with Gasteiger partial charge in [0.2, 0.25) is 16.0 Å². The van der Waals surface area contributed by atoms with Crippen LogP contribution >= 0.6 is 0 Å². The van der Waals surface area contributed by atoms with Crippen molar-refractivity contribution < 1.29 is 13.2 Å². The Hall–Kier alpha value is -1.25. The smallest absolute Gasteiger partial charge is 0.243 e. The number of aromatic nitrogens is 2. The van der Waals surface area contributed by atoms with E-state index in [2.05, 4.69) is 20.0 Å². The van der Waals surface area contributed by atoms with Crippen LogP contribution in [-0.2, 0) is 14.8 Å². The highest BCUT2D eigenvalue weighted by molar-refractivity contribution is 7.89. The molecule has 1 atom stereocenters. The molecule has 0 aliphatic carbocycles. The molecular weight excluding hydrogens is 268 g/mol. The number of rotatable bonds is 6. The molecule has 1 saturated heterocycles. The molecule has 2 N–H and O–H groups in total. The summed E-state index contributed by atoms with van der Waals surface area (Å²) < 4.78 is 31.9. The van der Waals surface area contributed by atoms with Crippen LogP contribution in [0.2, 0.25) is 0 Å². The summed E-state index contributed by atoms with van der Waals surface area (Å²) in [6.45, 7) is 1.14. The monoisotopic (exact) mass is 286 g/mol. The van der Waals surface area contributed by atoms with Crippen LogP contribution in [-0.4, -0.2) is 44.7 Å². The van der Waals surface area contributed by atoms with E-state index in [0.717, 1.165) is 19.4 Å². The van der Waals surface area contributed by atoms with Gasteiger partial charge in [-0.3, -0.25) is 0 Å². The maximum atomic E-state index is 12.0. The standard InChI is InChI=1S/C11H18N4O3S/c1-12-11-13-7-10(8-14-11)19(16,17)15-5-4-9-3-2-6-18-9/h7-9,15H,2-6H2,1H3,(H,12,13,14). The SMILES string of the molecule is CNc1ncc(S(=O)(=O)NCCC2CCCO2)cn1. The Bertz CT molecular complexity index is 497. The van der Waals surface area contributed by atoms with Gasteiger partial charge in [-0.2, -0.15) is 0 Å². The second-order valence-corrected chi connectivity index (χ2v) is 6.08. The largest absolute Gasteiger partial charge is 0.378 e. The van der Waals surface area contributed by atoms with Gasteiger partial charge in [-0.05, 0) is 19.3 Å². The van der Waals surface area contributed by atoms with Gasteiger partial charge in [0, 0.05) is 20.2 Å². The van der Waals surface area contributed by atoms with Gasteiger partial charge in [0.1, 0.15) is 4.90 Å². The van der Waals surface area contributed by atoms with Crippen molar-refractivity contribution in [3.63, 3.8) is 0 Å². The van der Waals surface area contributed by atoms with Crippen molar-refractivity contribution in [2.75, 3.05) is 25.5 Å². The second-order valence-electron chi connectivity index (χ2n) is 4.31. The Kier molecular flexibility index (Phi) is 4.67. The molecule has 106 valence electrons. The number of sulfonamides is 1. The predicted octanol–water partition coefficient (Wildman–Crippen LogP) is 0.366. The lowest BCUT2D eigenvalue weighted by Gasteiger charge is -2.10. The zero-order valence-corrected chi connectivity index (χ0v) is 11.6. The molecule has 0 radical (unpaired) electrons. The van der Waals surface area contributed by atoms with Crippen LogP contribution in [0.5, 0.6) is 0 Å². The van der Waals surface area contributed by atoms with Crippen molar-refractivity contribution in [1.82, 2.24) is 14.7 Å². The third-order valence-corrected chi connectivity index (χ3v) is 4.36. The molecule has 1 unspecified atom stereocenters. The molecule has 8 heteroatoms. The van der Waals surface area contributed by atoms with E-state index in [1.165, 1.54) is 12.4 Å². The number of ether oxygens (including phenoxy) is 1. The molecule has 1 aromatic heterocycles. The number of hydrogen-bond acceptors (Lipinski definition) is 6. The molecule has 1 aromatic rings. The number of nitrogens with zero attached hydrogens (tertiary/aromatic N) is 2. The van der Waals surface area contributed by atoms with Crippen molar-refractivity contribution in [1.29, 1.82) is 0 Å². The molecule has 0 amide bonds. The zero-order valence-electron chi connectivity index (χ0n) is 10.8. The van der Waals surface area contributed by atoms with Gasteiger partial charge < -0.3 is 10.1 Å². The van der Waals surface area contributed by atoms with Gasteiger partial charge >= 0.3 is 0 Å². The molecule has 1 fully saturated rings. The van der Waals surface area contributed by atoms with Crippen LogP contribution in [0.4, 0.5) is 5.95 Å². The fraction of sp³-hybridized carbons (Fsp3) is 0.636. The molecule has 1 aliphatic heterocycles. The van der Waals surface area contributed by atoms with Crippen LogP contribution in [0.25, 0.3) is 0 Å². The maximum absolute atomic E-state index is 12.0. The van der Waals surface area contributed by atoms with Crippen molar-refractivity contribution in [3.8, 4) is 0 Å². The molecule has 2 rings (SSSR count). The van der Waals surface area contributed by atoms with Crippen molar-refractivity contribution >= 4 is 16.0 Å². The number of hydrogen-bond donors (Lipinski definition) is 2. The Morgan fingerprint density at radius 1 is 1.42 bits per heavy atom. The summed E-state index contributed by atoms with van der Waals surface area (Å²) in [6, 6.07) is 0. The zero-order chi connectivity index (χ0) is 13.7. The fourth-order valence-corrected chi connectivity index (χ4v) is 2.83. The molecule has 2 heterocycles. The number of anilines is 1. The molecule has 0 saturated carbocycles. The van der Waals surface area contributed by atoms with E-state index in [-0.39, 0.29) is 11.0 Å². The van der Waals surface area contributed by atoms with E-state index in [4.69, 9.17) is 4.74 Å². The first-order valence-electron chi connectivity index (χ1n) is 6.23. The summed E-state index contributed by atoms with van der Waals surface area (Å²) in [5.74, 6) is 0.387. The molecule has 1 aliphatic rings. The lowest BCUT2D eigenvalue weighted by Crippen LogP contribution is -2.27. The van der Waals surface area contributed by atoms with E-state index in [0.29, 0.717) is 18.9 Å². The van der Waals surface area contributed by atoms with Gasteiger partial charge in [-0.25, -0.2) is 23.1 Å². The first-order chi connectivity index (χ1) is 9.12. The van der Waals surface area contributed by atoms with Gasteiger partial charge in [0.05, 0.1) is 18.5 Å². The molecule has 0 aromatic carbocycles. The quantitative estimate of drug-likeness (QED) is 0.784. The van der Waals surface area contributed by atoms with E-state index >= 15 is 0 Å². The molecule has 0 spiro atoms. The maximum Gasteiger partial charge on any atom is 0.243 e. The first-order valence-corrected chi connectivity index (χ1v) is 7.71. The van der Waals surface area contributed by atoms with Gasteiger partial charge in [0.25, 0.3) is 0 Å². The molecular formula is C11H18N4O3S. The Morgan fingerprint density at radius 2 is 2.16 bits per heavy atom. The predicted molar refractivity (Wildman–Crippen MR) is 70.4 cm³/mol. The minimum absolute atomic E-state index is 0.0684. The summed E-state index contributed by atoms with van der Waals surface area (Å²) in [5.41, 5.74) is 0. The van der Waals surface area contributed by atoms with Crippen molar-refractivity contribution in [3.05, 3.63) is 12.4 Å². The summed E-state index contributed by atoms with van der Waals surface area (Å²) in [6.07, 6.45) is 5.48. The minimum Gasteiger partial charge on any atom is -0.378 e. The average Bonchev–Trinajstić information content (AvgIpc) is 2.92. The van der Waals surface area contributed by atoms with Crippen LogP contribution in [0.3, 0.4) is 0 Å². The van der Waals surface area contributed by atoms with Crippen LogP contribution < -0.4 is 10.0 Å². The Morgan fingerprint density at radius 3 is 2.74 bits per heavy atom. The average molecular weight is 286 g/mol. The van der Waals surface area contributed by atoms with Crippen LogP contribution in [0.1, 0.15) is 19.3 Å². The molecule has 19 heavy (non-hydrogen) atoms. The van der Waals surface area contributed by atoms with E-state index < -0.39 is 10.0 Å². The van der Waals surface area contributed by atoms with Crippen molar-refractivity contribution in [2.24, 2.45) is 0 Å². The van der Waals surface area contributed by atoms with E-state index in [9.17, 15) is 8.42 Å². The van der Waals surface area contributed by atoms with E-state index in [1.54, 1.807) is 7.05 Å². The van der Waals surface area contributed by atoms with E-state index in [1.807, 2.05) is 0 Å². The van der Waals surface area contributed by atoms with Crippen molar-refractivity contribution in [2.45, 2.75) is 30.3 Å². The minimum atomic E-state index is -3.54. The highest BCUT2D eigenvalue weighted by atomic mass is 32.2. The van der Waals surface area contributed by atoms with Gasteiger partial charge in [0.15, 0.2) is 0 Å². The molecule has 7 nitrogen and oxygen atoms in total. The van der Waals surface area contributed by atoms with Gasteiger partial charge in [-0.1, -0.05) is 0 Å². The summed E-state index contributed by atoms with van der Waals surface area (Å²) >= 11 is 0. The summed E-state index contributed by atoms with van der Waals surface area (Å²) in [4.78, 5) is 7.83. The third-order valence-electron chi connectivity index (χ3n) is 2.94. The van der Waals surface area contributed by atoms with Crippen LogP contribution in [0, 0.1) is 0 Å². The number of nitrogens with one attached hydrogen (secondary N) is 2. The first kappa shape index (κ1) is 14.2. The normalized spacial score (nSPS) is 19.5. The topological polar surface area (TPSA) is 93.2 Å². The lowest BCUT2D eigenvalue weighted by molar-refractivity contribution is 0.105. The highest BCUT2D eigenvalue weighted by Gasteiger charge is 2.18. The Balaban J connectivity index is 1.89. The fourth-order valence-electron chi connectivity index (χ4n) is 1.89. The Labute approximate surface area is 112 Å². The second kappa shape index (κ2) is 6.27. The highest BCUT2D eigenvalue weighted by Crippen LogP contribution is 2.15. The van der Waals surface area contributed by atoms with Crippen LogP contribution in [0.15, 0.2) is 17.3 Å². The lowest BCUT2D eigenvalue weighted by atomic mass is 10.2. The molecule has 0 bridgehead atoms. The van der Waals surface area contributed by atoms with Gasteiger partial charge in [-0.15, -0.1) is 0 Å². The summed E-state index contributed by atoms with van der Waals surface area (Å²) in [5, 5.41) is 2.73. The third kappa shape index (κ3) is 3.85. The summed E-state index contributed by atoms with van der Waals surface area (Å²) in [7, 11) is -1.87.